The van der Waals surface area contributed by atoms with Crippen LogP contribution in [-0.2, 0) is 28.5 Å². The van der Waals surface area contributed by atoms with Crippen LogP contribution in [0.1, 0.15) is 47.5 Å². The number of alkyl halides is 3. The van der Waals surface area contributed by atoms with Gasteiger partial charge in [0.15, 0.2) is 0 Å². The molecule has 1 aromatic heterocycles. The minimum absolute atomic E-state index is 0.00949. The molecule has 10 heteroatoms. The topological polar surface area (TPSA) is 85.5 Å². The number of halogens is 3. The number of hydrogen-bond donors (Lipinski definition) is 2. The number of benzene rings is 2. The molecule has 1 saturated heterocycles. The molecule has 0 amide bonds. The second-order valence-electron chi connectivity index (χ2n) is 9.87. The average molecular weight is 516 g/mol. The van der Waals surface area contributed by atoms with Crippen molar-refractivity contribution in [3.05, 3.63) is 52.3 Å². The van der Waals surface area contributed by atoms with Gasteiger partial charge < -0.3 is 25.4 Å². The first-order valence-electron chi connectivity index (χ1n) is 12.6. The number of aryl methyl sites for hydroxylation is 2. The SMILES string of the molecule is COCC1CN(c2cc3c(N[C@H](C)c4cc(N)cc(C(F)(F)F)c4)nc(C)nc3c3c2CCC3)CCO1. The van der Waals surface area contributed by atoms with Crippen molar-refractivity contribution in [2.75, 3.05) is 49.4 Å². The number of fused-ring (bicyclic) bond motifs is 3. The van der Waals surface area contributed by atoms with Gasteiger partial charge in [-0.1, -0.05) is 0 Å². The number of nitrogens with zero attached hydrogens (tertiary/aromatic N) is 3. The number of aromatic nitrogens is 2. The molecule has 1 aliphatic heterocycles. The molecule has 1 unspecified atom stereocenters. The van der Waals surface area contributed by atoms with E-state index < -0.39 is 17.8 Å². The van der Waals surface area contributed by atoms with Crippen LogP contribution in [0.3, 0.4) is 0 Å². The molecule has 0 bridgehead atoms. The third kappa shape index (κ3) is 5.17. The maximum absolute atomic E-state index is 13.4. The van der Waals surface area contributed by atoms with Gasteiger partial charge in [-0.2, -0.15) is 13.2 Å². The molecule has 3 aromatic rings. The van der Waals surface area contributed by atoms with E-state index in [1.165, 1.54) is 11.1 Å². The summed E-state index contributed by atoms with van der Waals surface area (Å²) in [6.07, 6.45) is -1.51. The molecular formula is C27H32F3N5O2. The van der Waals surface area contributed by atoms with Crippen molar-refractivity contribution < 1.29 is 22.6 Å². The van der Waals surface area contributed by atoms with Crippen LogP contribution in [0, 0.1) is 6.92 Å². The van der Waals surface area contributed by atoms with Gasteiger partial charge in [0, 0.05) is 37.0 Å². The van der Waals surface area contributed by atoms with Gasteiger partial charge >= 0.3 is 6.18 Å². The molecular weight excluding hydrogens is 483 g/mol. The number of rotatable bonds is 6. The minimum atomic E-state index is -4.48. The Morgan fingerprint density at radius 1 is 1.19 bits per heavy atom. The molecule has 37 heavy (non-hydrogen) atoms. The van der Waals surface area contributed by atoms with E-state index >= 15 is 0 Å². The summed E-state index contributed by atoms with van der Waals surface area (Å²) in [6.45, 7) is 6.28. The molecule has 5 rings (SSSR count). The van der Waals surface area contributed by atoms with Crippen molar-refractivity contribution in [3.63, 3.8) is 0 Å². The number of anilines is 3. The molecule has 1 fully saturated rings. The van der Waals surface area contributed by atoms with E-state index in [9.17, 15) is 13.2 Å². The minimum Gasteiger partial charge on any atom is -0.399 e. The second kappa shape index (κ2) is 9.98. The standard InChI is InChI=1S/C27H32F3N5O2/c1-15(17-9-18(27(28,29)30)11-19(31)10-17)32-26-23-12-24(35-7-8-37-20(13-35)14-36-3)21-5-4-6-22(21)25(23)33-16(2)34-26/h9-12,15,20H,4-8,13-14,31H2,1-3H3,(H,32,33,34)/t15-,20?/m1/s1. The zero-order valence-electron chi connectivity index (χ0n) is 21.3. The first kappa shape index (κ1) is 25.5. The largest absolute Gasteiger partial charge is 0.416 e. The van der Waals surface area contributed by atoms with Crippen molar-refractivity contribution in [1.82, 2.24) is 9.97 Å². The summed E-state index contributed by atoms with van der Waals surface area (Å²) in [5, 5.41) is 4.22. The molecule has 1 aliphatic carbocycles. The Morgan fingerprint density at radius 3 is 2.73 bits per heavy atom. The Bertz CT molecular complexity index is 1310. The lowest BCUT2D eigenvalue weighted by Crippen LogP contribution is -2.44. The van der Waals surface area contributed by atoms with Crippen molar-refractivity contribution in [1.29, 1.82) is 0 Å². The smallest absolute Gasteiger partial charge is 0.399 e. The molecule has 7 nitrogen and oxygen atoms in total. The molecule has 198 valence electrons. The van der Waals surface area contributed by atoms with Gasteiger partial charge in [0.2, 0.25) is 0 Å². The summed E-state index contributed by atoms with van der Waals surface area (Å²) in [5.74, 6) is 1.21. The van der Waals surface area contributed by atoms with Crippen molar-refractivity contribution in [2.45, 2.75) is 51.4 Å². The van der Waals surface area contributed by atoms with Crippen LogP contribution < -0.4 is 16.0 Å². The molecule has 0 saturated carbocycles. The van der Waals surface area contributed by atoms with E-state index in [1.54, 1.807) is 13.2 Å². The summed E-state index contributed by atoms with van der Waals surface area (Å²) in [4.78, 5) is 11.8. The predicted molar refractivity (Wildman–Crippen MR) is 138 cm³/mol. The fourth-order valence-electron chi connectivity index (χ4n) is 5.46. The number of nitrogen functional groups attached to an aromatic ring is 1. The van der Waals surface area contributed by atoms with Crippen LogP contribution in [0.5, 0.6) is 0 Å². The van der Waals surface area contributed by atoms with Gasteiger partial charge in [-0.05, 0) is 74.1 Å². The fourth-order valence-corrected chi connectivity index (χ4v) is 5.46. The lowest BCUT2D eigenvalue weighted by atomic mass is 10.0. The summed E-state index contributed by atoms with van der Waals surface area (Å²) < 4.78 is 51.4. The number of methoxy groups -OCH3 is 1. The van der Waals surface area contributed by atoms with E-state index in [4.69, 9.17) is 20.2 Å². The van der Waals surface area contributed by atoms with Gasteiger partial charge in [0.1, 0.15) is 11.6 Å². The number of ether oxygens (including phenoxy) is 2. The summed E-state index contributed by atoms with van der Waals surface area (Å²) in [6, 6.07) is 5.32. The van der Waals surface area contributed by atoms with Crippen LogP contribution >= 0.6 is 0 Å². The Labute approximate surface area is 214 Å². The zero-order chi connectivity index (χ0) is 26.3. The maximum Gasteiger partial charge on any atom is 0.416 e. The molecule has 2 atom stereocenters. The van der Waals surface area contributed by atoms with Gasteiger partial charge in [0.05, 0.1) is 36.4 Å². The van der Waals surface area contributed by atoms with Crippen LogP contribution in [0.15, 0.2) is 24.3 Å². The number of hydrogen-bond acceptors (Lipinski definition) is 7. The monoisotopic (exact) mass is 515 g/mol. The fraction of sp³-hybridized carbons (Fsp3) is 0.481. The average Bonchev–Trinajstić information content (AvgIpc) is 3.33. The van der Waals surface area contributed by atoms with E-state index in [1.807, 2.05) is 13.8 Å². The van der Waals surface area contributed by atoms with Crippen molar-refractivity contribution in [2.24, 2.45) is 0 Å². The number of nitrogens with one attached hydrogen (secondary N) is 1. The van der Waals surface area contributed by atoms with Crippen molar-refractivity contribution in [3.8, 4) is 0 Å². The van der Waals surface area contributed by atoms with Gasteiger partial charge in [-0.3, -0.25) is 0 Å². The molecule has 2 aliphatic rings. The molecule has 2 heterocycles. The van der Waals surface area contributed by atoms with E-state index in [0.717, 1.165) is 61.1 Å². The van der Waals surface area contributed by atoms with E-state index in [-0.39, 0.29) is 11.8 Å². The normalized spacial score (nSPS) is 18.8. The highest BCUT2D eigenvalue weighted by Crippen LogP contribution is 2.40. The lowest BCUT2D eigenvalue weighted by molar-refractivity contribution is -0.137. The quantitative estimate of drug-likeness (QED) is 0.444. The molecule has 2 aromatic carbocycles. The summed E-state index contributed by atoms with van der Waals surface area (Å²) >= 11 is 0. The summed E-state index contributed by atoms with van der Waals surface area (Å²) in [7, 11) is 1.67. The van der Waals surface area contributed by atoms with E-state index in [2.05, 4.69) is 21.3 Å². The Kier molecular flexibility index (Phi) is 6.89. The van der Waals surface area contributed by atoms with Gasteiger partial charge in [0.25, 0.3) is 0 Å². The third-order valence-corrected chi connectivity index (χ3v) is 7.14. The maximum atomic E-state index is 13.4. The highest BCUT2D eigenvalue weighted by molar-refractivity contribution is 5.96. The second-order valence-corrected chi connectivity index (χ2v) is 9.87. The first-order chi connectivity index (χ1) is 17.6. The highest BCUT2D eigenvalue weighted by atomic mass is 19.4. The van der Waals surface area contributed by atoms with Gasteiger partial charge in [-0.25, -0.2) is 9.97 Å². The number of nitrogens with two attached hydrogens (primary N) is 1. The Hall–Kier alpha value is -3.11. The highest BCUT2D eigenvalue weighted by Gasteiger charge is 2.32. The van der Waals surface area contributed by atoms with Crippen LogP contribution in [-0.4, -0.2) is 49.5 Å². The third-order valence-electron chi connectivity index (χ3n) is 7.14. The summed E-state index contributed by atoms with van der Waals surface area (Å²) in [5.41, 5.74) is 10.2. The van der Waals surface area contributed by atoms with E-state index in [0.29, 0.717) is 30.4 Å². The van der Waals surface area contributed by atoms with Crippen LogP contribution in [0.4, 0.5) is 30.4 Å². The number of morpholine rings is 1. The van der Waals surface area contributed by atoms with Crippen molar-refractivity contribution >= 4 is 28.1 Å². The zero-order valence-corrected chi connectivity index (χ0v) is 21.3. The van der Waals surface area contributed by atoms with Gasteiger partial charge in [-0.15, -0.1) is 0 Å². The molecule has 0 radical (unpaired) electrons. The predicted octanol–water partition coefficient (Wildman–Crippen LogP) is 5.05. The lowest BCUT2D eigenvalue weighted by Gasteiger charge is -2.35. The molecule has 0 spiro atoms. The molecule has 3 N–H and O–H groups in total. The Balaban J connectivity index is 1.56. The van der Waals surface area contributed by atoms with Crippen LogP contribution in [0.2, 0.25) is 0 Å². The van der Waals surface area contributed by atoms with Crippen LogP contribution in [0.25, 0.3) is 10.9 Å². The Morgan fingerprint density at radius 2 is 1.97 bits per heavy atom. The first-order valence-corrected chi connectivity index (χ1v) is 12.6.